The van der Waals surface area contributed by atoms with Gasteiger partial charge in [0.15, 0.2) is 0 Å². The number of esters is 1. The molecule has 2 aliphatic rings. The Hall–Kier alpha value is -2.75. The van der Waals surface area contributed by atoms with E-state index in [4.69, 9.17) is 4.74 Å². The van der Waals surface area contributed by atoms with Crippen LogP contribution < -0.4 is 4.90 Å². The van der Waals surface area contributed by atoms with Gasteiger partial charge in [-0.1, -0.05) is 30.3 Å². The summed E-state index contributed by atoms with van der Waals surface area (Å²) >= 11 is 0. The highest BCUT2D eigenvalue weighted by Crippen LogP contribution is 2.53. The molecule has 0 bridgehead atoms. The highest BCUT2D eigenvalue weighted by molar-refractivity contribution is 5.98. The minimum Gasteiger partial charge on any atom is -0.468 e. The minimum atomic E-state index is -0.678. The second-order valence-corrected chi connectivity index (χ2v) is 8.70. The van der Waals surface area contributed by atoms with E-state index in [1.807, 2.05) is 0 Å². The molecule has 2 aliphatic heterocycles. The molecule has 0 N–H and O–H groups in total. The monoisotopic (exact) mass is 360 g/mol. The molecule has 4 nitrogen and oxygen atoms in total. The van der Waals surface area contributed by atoms with Gasteiger partial charge in [0, 0.05) is 52.0 Å². The van der Waals surface area contributed by atoms with Crippen molar-refractivity contribution in [2.24, 2.45) is 0 Å². The highest BCUT2D eigenvalue weighted by Gasteiger charge is 2.55. The van der Waals surface area contributed by atoms with E-state index in [-0.39, 0.29) is 11.5 Å². The molecule has 1 atom stereocenters. The fourth-order valence-electron chi connectivity index (χ4n) is 4.94. The lowest BCUT2D eigenvalue weighted by molar-refractivity contribution is -0.147. The number of aromatic nitrogens is 1. The summed E-state index contributed by atoms with van der Waals surface area (Å²) in [4.78, 5) is 15.6. The maximum absolute atomic E-state index is 13.2. The fraction of sp³-hybridized carbons (Fsp3) is 0.348. The van der Waals surface area contributed by atoms with E-state index < -0.39 is 5.41 Å². The molecule has 5 rings (SSSR count). The van der Waals surface area contributed by atoms with Crippen LogP contribution in [0.15, 0.2) is 48.5 Å². The number of methoxy groups -OCH3 is 1. The van der Waals surface area contributed by atoms with Crippen molar-refractivity contribution >= 4 is 22.6 Å². The van der Waals surface area contributed by atoms with Crippen molar-refractivity contribution in [2.45, 2.75) is 38.3 Å². The van der Waals surface area contributed by atoms with E-state index in [2.05, 4.69) is 78.8 Å². The topological polar surface area (TPSA) is 34.5 Å². The molecule has 1 unspecified atom stereocenters. The Morgan fingerprint density at radius 2 is 1.85 bits per heavy atom. The van der Waals surface area contributed by atoms with Gasteiger partial charge in [0.1, 0.15) is 5.41 Å². The van der Waals surface area contributed by atoms with Crippen LogP contribution in [0.2, 0.25) is 0 Å². The van der Waals surface area contributed by atoms with E-state index in [0.717, 1.165) is 16.8 Å². The maximum atomic E-state index is 13.2. The predicted octanol–water partition coefficient (Wildman–Crippen LogP) is 4.35. The first kappa shape index (κ1) is 16.4. The number of nitrogens with zero attached hydrogens (tertiary/aromatic N) is 2. The Morgan fingerprint density at radius 1 is 1.07 bits per heavy atom. The molecule has 1 aromatic heterocycles. The van der Waals surface area contributed by atoms with Gasteiger partial charge >= 0.3 is 5.97 Å². The molecule has 0 amide bonds. The second-order valence-electron chi connectivity index (χ2n) is 8.70. The number of hydrogen-bond donors (Lipinski definition) is 0. The van der Waals surface area contributed by atoms with Gasteiger partial charge in [-0.05, 0) is 39.0 Å². The third kappa shape index (κ3) is 2.01. The molecule has 0 aliphatic carbocycles. The Labute approximate surface area is 159 Å². The van der Waals surface area contributed by atoms with E-state index in [9.17, 15) is 4.79 Å². The van der Waals surface area contributed by atoms with Gasteiger partial charge in [-0.2, -0.15) is 0 Å². The molecule has 2 aromatic carbocycles. The van der Waals surface area contributed by atoms with Crippen LogP contribution in [0.5, 0.6) is 0 Å². The first-order chi connectivity index (χ1) is 12.9. The molecule has 0 saturated carbocycles. The number of carbonyl (C=O) groups excluding carboxylic acids is 1. The van der Waals surface area contributed by atoms with Gasteiger partial charge in [-0.15, -0.1) is 0 Å². The number of hydrogen-bond acceptors (Lipinski definition) is 3. The third-order valence-electron chi connectivity index (χ3n) is 6.14. The average molecular weight is 360 g/mol. The Kier molecular flexibility index (Phi) is 3.14. The number of anilines is 1. The number of rotatable bonds is 1. The van der Waals surface area contributed by atoms with Crippen molar-refractivity contribution in [2.75, 3.05) is 18.6 Å². The van der Waals surface area contributed by atoms with Crippen molar-refractivity contribution in [1.29, 1.82) is 0 Å². The fourth-order valence-corrected chi connectivity index (χ4v) is 4.94. The summed E-state index contributed by atoms with van der Waals surface area (Å²) in [5.74, 6) is -0.147. The van der Waals surface area contributed by atoms with Crippen LogP contribution in [0.3, 0.4) is 0 Å². The lowest BCUT2D eigenvalue weighted by Gasteiger charge is -2.37. The van der Waals surface area contributed by atoms with Crippen molar-refractivity contribution in [3.8, 4) is 11.3 Å². The summed E-state index contributed by atoms with van der Waals surface area (Å²) < 4.78 is 7.66. The normalized spacial score (nSPS) is 20.5. The standard InChI is InChI=1S/C23H24N2O2/c1-22(2,3)25-14-23(21(26)27-4)13-24-17-10-6-5-8-15(17)12-19(24)16-9-7-11-18(25)20(16)23/h5-12H,13-14H2,1-4H3. The van der Waals surface area contributed by atoms with Gasteiger partial charge in [0.2, 0.25) is 0 Å². The van der Waals surface area contributed by atoms with Gasteiger partial charge in [-0.3, -0.25) is 4.79 Å². The average Bonchev–Trinajstić information content (AvgIpc) is 3.19. The van der Waals surface area contributed by atoms with Crippen LogP contribution in [-0.2, 0) is 21.5 Å². The maximum Gasteiger partial charge on any atom is 0.320 e. The summed E-state index contributed by atoms with van der Waals surface area (Å²) in [6.07, 6.45) is 0. The van der Waals surface area contributed by atoms with E-state index >= 15 is 0 Å². The van der Waals surface area contributed by atoms with Crippen molar-refractivity contribution in [3.63, 3.8) is 0 Å². The zero-order chi connectivity index (χ0) is 19.0. The van der Waals surface area contributed by atoms with Crippen LogP contribution >= 0.6 is 0 Å². The smallest absolute Gasteiger partial charge is 0.320 e. The SMILES string of the molecule is COC(=O)C12CN(C(C)(C)C)c3cccc(c31)-c1cc3ccccc3n1C2. The van der Waals surface area contributed by atoms with Crippen molar-refractivity contribution in [1.82, 2.24) is 4.57 Å². The van der Waals surface area contributed by atoms with Crippen molar-refractivity contribution < 1.29 is 9.53 Å². The van der Waals surface area contributed by atoms with E-state index in [1.54, 1.807) is 0 Å². The molecule has 4 heteroatoms. The quantitative estimate of drug-likeness (QED) is 0.605. The zero-order valence-corrected chi connectivity index (χ0v) is 16.2. The van der Waals surface area contributed by atoms with Crippen molar-refractivity contribution in [3.05, 3.63) is 54.1 Å². The zero-order valence-electron chi connectivity index (χ0n) is 16.2. The number of fused-ring (bicyclic) bond motifs is 4. The Morgan fingerprint density at radius 3 is 2.59 bits per heavy atom. The first-order valence-corrected chi connectivity index (χ1v) is 9.45. The largest absolute Gasteiger partial charge is 0.468 e. The molecule has 0 saturated heterocycles. The summed E-state index contributed by atoms with van der Waals surface area (Å²) in [6, 6.07) is 17.0. The molecule has 0 fully saturated rings. The molecule has 138 valence electrons. The third-order valence-corrected chi connectivity index (χ3v) is 6.14. The lowest BCUT2D eigenvalue weighted by Crippen LogP contribution is -2.50. The Bertz CT molecular complexity index is 1090. The summed E-state index contributed by atoms with van der Waals surface area (Å²) in [7, 11) is 1.50. The van der Waals surface area contributed by atoms with E-state index in [1.165, 1.54) is 23.7 Å². The van der Waals surface area contributed by atoms with E-state index in [0.29, 0.717) is 13.1 Å². The highest BCUT2D eigenvalue weighted by atomic mass is 16.5. The second kappa shape index (κ2) is 5.16. The van der Waals surface area contributed by atoms with Gasteiger partial charge in [-0.25, -0.2) is 0 Å². The molecule has 27 heavy (non-hydrogen) atoms. The number of ether oxygens (including phenoxy) is 1. The van der Waals surface area contributed by atoms with Gasteiger partial charge < -0.3 is 14.2 Å². The molecular formula is C23H24N2O2. The van der Waals surface area contributed by atoms with Gasteiger partial charge in [0.25, 0.3) is 0 Å². The predicted molar refractivity (Wildman–Crippen MR) is 108 cm³/mol. The molecular weight excluding hydrogens is 336 g/mol. The first-order valence-electron chi connectivity index (χ1n) is 9.45. The summed E-state index contributed by atoms with van der Waals surface area (Å²) in [5, 5.41) is 1.21. The lowest BCUT2D eigenvalue weighted by atomic mass is 9.76. The van der Waals surface area contributed by atoms with Crippen LogP contribution in [0, 0.1) is 0 Å². The van der Waals surface area contributed by atoms with Crippen LogP contribution in [-0.4, -0.2) is 29.7 Å². The molecule has 3 heterocycles. The molecule has 3 aromatic rings. The summed E-state index contributed by atoms with van der Waals surface area (Å²) in [5.41, 5.74) is 5.02. The van der Waals surface area contributed by atoms with Crippen LogP contribution in [0.1, 0.15) is 26.3 Å². The van der Waals surface area contributed by atoms with Crippen LogP contribution in [0.4, 0.5) is 5.69 Å². The molecule has 0 spiro atoms. The summed E-state index contributed by atoms with van der Waals surface area (Å²) in [6.45, 7) is 7.85. The number of benzene rings is 2. The minimum absolute atomic E-state index is 0.0792. The number of carbonyl (C=O) groups is 1. The van der Waals surface area contributed by atoms with Crippen LogP contribution in [0.25, 0.3) is 22.2 Å². The van der Waals surface area contributed by atoms with Gasteiger partial charge in [0.05, 0.1) is 7.11 Å². The Balaban J connectivity index is 1.86. The molecule has 0 radical (unpaired) electrons. The number of para-hydroxylation sites is 1.